The van der Waals surface area contributed by atoms with Gasteiger partial charge < -0.3 is 27.2 Å². The SMILES string of the molecule is [Cs+].[NH-]c1nc(N)nc(N)n1. The summed E-state index contributed by atoms with van der Waals surface area (Å²) in [6.45, 7) is 0. The molecule has 7 heteroatoms. The van der Waals surface area contributed by atoms with Crippen LogP contribution in [0.2, 0.25) is 0 Å². The topological polar surface area (TPSA) is 115 Å². The standard InChI is InChI=1S/C3H5N6.Cs/c4-1-7-2(5)9-3(6)8-1;/h(H5-,4,5,6,7,8,9);/q-1;+1. The molecule has 0 spiro atoms. The summed E-state index contributed by atoms with van der Waals surface area (Å²) in [4.78, 5) is 10.2. The molecule has 0 saturated carbocycles. The van der Waals surface area contributed by atoms with Gasteiger partial charge in [-0.2, -0.15) is 0 Å². The maximum atomic E-state index is 6.85. The molecule has 1 heterocycles. The summed E-state index contributed by atoms with van der Waals surface area (Å²) in [7, 11) is 0. The molecule has 0 amide bonds. The third kappa shape index (κ3) is 3.03. The largest absolute Gasteiger partial charge is 1.00 e. The first-order valence-corrected chi connectivity index (χ1v) is 2.17. The average Bonchev–Trinajstić information content (AvgIpc) is 1.59. The van der Waals surface area contributed by atoms with E-state index in [1.807, 2.05) is 0 Å². The van der Waals surface area contributed by atoms with E-state index in [2.05, 4.69) is 15.0 Å². The van der Waals surface area contributed by atoms with Crippen LogP contribution in [0.15, 0.2) is 0 Å². The fourth-order valence-electron chi connectivity index (χ4n) is 0.409. The summed E-state index contributed by atoms with van der Waals surface area (Å²) in [5.74, 6) is -0.250. The summed E-state index contributed by atoms with van der Waals surface area (Å²) in [6, 6.07) is 0. The maximum Gasteiger partial charge on any atom is 1.00 e. The van der Waals surface area contributed by atoms with E-state index >= 15 is 0 Å². The minimum atomic E-state index is -0.208. The van der Waals surface area contributed by atoms with E-state index in [1.54, 1.807) is 0 Å². The van der Waals surface area contributed by atoms with Crippen LogP contribution >= 0.6 is 0 Å². The Morgan fingerprint density at radius 3 is 1.70 bits per heavy atom. The van der Waals surface area contributed by atoms with Gasteiger partial charge in [0.05, 0.1) is 0 Å². The number of hydrogen-bond donors (Lipinski definition) is 2. The number of rotatable bonds is 0. The van der Waals surface area contributed by atoms with Crippen molar-refractivity contribution in [3.63, 3.8) is 0 Å². The first-order valence-electron chi connectivity index (χ1n) is 2.17. The Hall–Kier alpha value is 0.462. The predicted octanol–water partition coefficient (Wildman–Crippen LogP) is -3.28. The van der Waals surface area contributed by atoms with Crippen LogP contribution in [0.3, 0.4) is 0 Å². The van der Waals surface area contributed by atoms with E-state index in [4.69, 9.17) is 17.2 Å². The van der Waals surface area contributed by atoms with Gasteiger partial charge in [0.2, 0.25) is 0 Å². The van der Waals surface area contributed by atoms with E-state index in [0.29, 0.717) is 0 Å². The van der Waals surface area contributed by atoms with Gasteiger partial charge in [-0.25, -0.2) is 4.98 Å². The van der Waals surface area contributed by atoms with Gasteiger partial charge in [-0.1, -0.05) is 0 Å². The Morgan fingerprint density at radius 1 is 1.00 bits per heavy atom. The second-order valence-corrected chi connectivity index (χ2v) is 1.38. The number of nitrogens with one attached hydrogen (secondary N) is 1. The number of nitrogen functional groups attached to an aromatic ring is 2. The van der Waals surface area contributed by atoms with Gasteiger partial charge >= 0.3 is 68.9 Å². The molecule has 0 unspecified atom stereocenters. The van der Waals surface area contributed by atoms with Crippen molar-refractivity contribution in [2.45, 2.75) is 0 Å². The summed E-state index contributed by atoms with van der Waals surface area (Å²) < 4.78 is 0. The van der Waals surface area contributed by atoms with Crippen molar-refractivity contribution >= 4 is 17.8 Å². The third-order valence-corrected chi connectivity index (χ3v) is 0.670. The van der Waals surface area contributed by atoms with Crippen LogP contribution in [0.1, 0.15) is 0 Å². The van der Waals surface area contributed by atoms with E-state index in [1.165, 1.54) is 0 Å². The van der Waals surface area contributed by atoms with Gasteiger partial charge in [-0.3, -0.25) is 0 Å². The molecule has 6 nitrogen and oxygen atoms in total. The van der Waals surface area contributed by atoms with Gasteiger partial charge in [-0.15, -0.1) is 0 Å². The molecule has 0 aliphatic heterocycles. The van der Waals surface area contributed by atoms with Crippen molar-refractivity contribution in [2.24, 2.45) is 0 Å². The fourth-order valence-corrected chi connectivity index (χ4v) is 0.409. The van der Waals surface area contributed by atoms with Crippen molar-refractivity contribution < 1.29 is 68.9 Å². The zero-order valence-corrected chi connectivity index (χ0v) is 11.8. The van der Waals surface area contributed by atoms with Gasteiger partial charge in [0.1, 0.15) is 0 Å². The molecule has 0 aliphatic rings. The molecule has 0 bridgehead atoms. The Morgan fingerprint density at radius 2 is 1.40 bits per heavy atom. The fraction of sp³-hybridized carbons (Fsp3) is 0. The Kier molecular flexibility index (Phi) is 4.56. The predicted molar refractivity (Wildman–Crippen MR) is 32.6 cm³/mol. The average molecular weight is 258 g/mol. The Bertz CT molecular complexity index is 174. The maximum absolute atomic E-state index is 6.85. The van der Waals surface area contributed by atoms with E-state index < -0.39 is 0 Å². The van der Waals surface area contributed by atoms with Crippen LogP contribution < -0.4 is 80.4 Å². The molecule has 0 radical (unpaired) electrons. The minimum Gasteiger partial charge on any atom is -0.410 e. The molecular weight excluding hydrogens is 253 g/mol. The van der Waals surface area contributed by atoms with Crippen molar-refractivity contribution in [1.82, 2.24) is 15.0 Å². The number of aromatic nitrogens is 3. The van der Waals surface area contributed by atoms with E-state index in [0.717, 1.165) is 0 Å². The van der Waals surface area contributed by atoms with Crippen LogP contribution in [0.5, 0.6) is 0 Å². The summed E-state index contributed by atoms with van der Waals surface area (Å²) in [6.07, 6.45) is 0. The quantitative estimate of drug-likeness (QED) is 0.506. The molecule has 0 aromatic carbocycles. The molecule has 1 aromatic heterocycles. The number of nitrogens with two attached hydrogens (primary N) is 2. The molecule has 0 atom stereocenters. The second kappa shape index (κ2) is 4.36. The summed E-state index contributed by atoms with van der Waals surface area (Å²) >= 11 is 0. The van der Waals surface area contributed by atoms with Crippen molar-refractivity contribution in [3.05, 3.63) is 5.73 Å². The van der Waals surface area contributed by atoms with Gasteiger partial charge in [0.25, 0.3) is 0 Å². The first kappa shape index (κ1) is 10.5. The van der Waals surface area contributed by atoms with Crippen LogP contribution in [-0.2, 0) is 0 Å². The van der Waals surface area contributed by atoms with Crippen LogP contribution in [0.25, 0.3) is 5.73 Å². The summed E-state index contributed by atoms with van der Waals surface area (Å²) in [5.41, 5.74) is 17.0. The monoisotopic (exact) mass is 258 g/mol. The van der Waals surface area contributed by atoms with Gasteiger partial charge in [0.15, 0.2) is 11.9 Å². The Labute approximate surface area is 116 Å². The normalized spacial score (nSPS) is 8.40. The molecular formula is C3H5CsN6. The zero-order chi connectivity index (χ0) is 6.85. The molecule has 10 heavy (non-hydrogen) atoms. The van der Waals surface area contributed by atoms with Crippen LogP contribution in [0.4, 0.5) is 17.8 Å². The van der Waals surface area contributed by atoms with E-state index in [-0.39, 0.29) is 86.7 Å². The van der Waals surface area contributed by atoms with Crippen molar-refractivity contribution in [3.8, 4) is 0 Å². The van der Waals surface area contributed by atoms with Crippen molar-refractivity contribution in [2.75, 3.05) is 11.5 Å². The molecule has 1 aromatic rings. The minimum absolute atomic E-state index is 0. The molecule has 0 fully saturated rings. The van der Waals surface area contributed by atoms with Gasteiger partial charge in [-0.05, 0) is 0 Å². The van der Waals surface area contributed by atoms with Gasteiger partial charge in [0, 0.05) is 5.95 Å². The van der Waals surface area contributed by atoms with E-state index in [9.17, 15) is 0 Å². The Balaban J connectivity index is 0.000000810. The number of hydrogen-bond acceptors (Lipinski definition) is 5. The molecule has 5 N–H and O–H groups in total. The second-order valence-electron chi connectivity index (χ2n) is 1.38. The zero-order valence-electron chi connectivity index (χ0n) is 5.50. The number of nitrogens with zero attached hydrogens (tertiary/aromatic N) is 3. The van der Waals surface area contributed by atoms with Crippen LogP contribution in [-0.4, -0.2) is 15.0 Å². The smallest absolute Gasteiger partial charge is 0.410 e. The molecule has 0 aliphatic carbocycles. The third-order valence-electron chi connectivity index (χ3n) is 0.670. The van der Waals surface area contributed by atoms with Crippen molar-refractivity contribution in [1.29, 1.82) is 0 Å². The molecule has 0 saturated heterocycles. The molecule has 1 rings (SSSR count). The molecule has 48 valence electrons. The number of anilines is 2. The summed E-state index contributed by atoms with van der Waals surface area (Å²) in [5, 5.41) is 0. The van der Waals surface area contributed by atoms with Crippen LogP contribution in [0, 0.1) is 0 Å². The first-order chi connectivity index (χ1) is 4.18.